The van der Waals surface area contributed by atoms with Gasteiger partial charge in [0, 0.05) is 10.2 Å². The van der Waals surface area contributed by atoms with Crippen LogP contribution in [-0.4, -0.2) is 10.2 Å². The van der Waals surface area contributed by atoms with E-state index >= 15 is 0 Å². The second-order valence-corrected chi connectivity index (χ2v) is 3.15. The Kier molecular flexibility index (Phi) is 23.4. The van der Waals surface area contributed by atoms with Crippen LogP contribution in [-0.2, 0) is 0 Å². The fourth-order valence-electron chi connectivity index (χ4n) is 0. The van der Waals surface area contributed by atoms with Crippen molar-refractivity contribution in [2.24, 2.45) is 0 Å². The Morgan fingerprint density at radius 2 is 1.71 bits per heavy atom. The smallest absolute Gasteiger partial charge is 0.0214 e. The van der Waals surface area contributed by atoms with E-state index in [1.807, 2.05) is 0 Å². The van der Waals surface area contributed by atoms with E-state index in [4.69, 9.17) is 0 Å². The normalized spacial score (nSPS) is 10.7. The van der Waals surface area contributed by atoms with Crippen molar-refractivity contribution in [1.29, 1.82) is 0 Å². The Hall–Kier alpha value is 1.40. The first-order chi connectivity index (χ1) is 2.27. The zero-order valence-electron chi connectivity index (χ0n) is 4.16. The number of halogens is 3. The van der Waals surface area contributed by atoms with E-state index in [-0.39, 0.29) is 23.1 Å². The summed E-state index contributed by atoms with van der Waals surface area (Å²) in [7, 11) is 0. The van der Waals surface area contributed by atoms with Crippen LogP contribution in [0.1, 0.15) is 6.92 Å². The maximum Gasteiger partial charge on any atom is 0.0214 e. The summed E-state index contributed by atoms with van der Waals surface area (Å²) in [6.07, 6.45) is 0. The molecule has 0 aromatic heterocycles. The van der Waals surface area contributed by atoms with Gasteiger partial charge in [0.05, 0.1) is 0 Å². The molecule has 1 atom stereocenters. The largest absolute Gasteiger partial charge is 0.344 e. The van der Waals surface area contributed by atoms with Gasteiger partial charge in [-0.15, -0.1) is 17.0 Å². The molecule has 0 fully saturated rings. The Labute approximate surface area is 71.9 Å². The van der Waals surface area contributed by atoms with Crippen LogP contribution in [0.15, 0.2) is 0 Å². The molecule has 0 bridgehead atoms. The summed E-state index contributed by atoms with van der Waals surface area (Å²) in [6, 6.07) is 0. The van der Waals surface area contributed by atoms with E-state index in [1.54, 1.807) is 0 Å². The van der Waals surface area contributed by atoms with Crippen LogP contribution in [0.25, 0.3) is 0 Å². The molecule has 7 heavy (non-hydrogen) atoms. The first-order valence-electron chi connectivity index (χ1n) is 1.47. The van der Waals surface area contributed by atoms with E-state index in [2.05, 4.69) is 38.8 Å². The van der Waals surface area contributed by atoms with Crippen LogP contribution >= 0.6 is 48.8 Å². The van der Waals surface area contributed by atoms with Crippen molar-refractivity contribution < 1.29 is 0 Å². The molecule has 48 valence electrons. The molecule has 0 spiro atoms. The molecule has 0 saturated carbocycles. The van der Waals surface area contributed by atoms with Gasteiger partial charge >= 0.3 is 0 Å². The van der Waals surface area contributed by atoms with Gasteiger partial charge in [-0.1, -0.05) is 38.8 Å². The maximum atomic E-state index is 3.33. The Bertz CT molecular complexity index is 24.1. The van der Waals surface area contributed by atoms with Gasteiger partial charge in [0.2, 0.25) is 0 Å². The first-order valence-corrected chi connectivity index (χ1v) is 3.51. The second-order valence-electron chi connectivity index (χ2n) is 0.935. The van der Waals surface area contributed by atoms with E-state index in [0.717, 1.165) is 5.33 Å². The van der Waals surface area contributed by atoms with Crippen molar-refractivity contribution in [3.63, 3.8) is 0 Å². The first kappa shape index (κ1) is 15.8. The number of alkyl halides is 2. The number of rotatable bonds is 1. The average molecular weight is 300 g/mol. The van der Waals surface area contributed by atoms with E-state index in [1.165, 1.54) is 0 Å². The number of hydrogen-bond acceptors (Lipinski definition) is 1. The highest BCUT2D eigenvalue weighted by molar-refractivity contribution is 9.12. The number of hydrogen-bond donors (Lipinski definition) is 1. The summed E-state index contributed by atoms with van der Waals surface area (Å²) < 4.78 is 0. The quantitative estimate of drug-likeness (QED) is 0.742. The molecular formula is C3H10Br3N. The molecule has 1 nitrogen and oxygen atoms in total. The molecule has 0 amide bonds. The minimum atomic E-state index is 0. The molecule has 0 radical (unpaired) electrons. The van der Waals surface area contributed by atoms with Gasteiger partial charge in [0.1, 0.15) is 0 Å². The molecule has 0 rings (SSSR count). The molecule has 0 heterocycles. The Balaban J connectivity index is -0.0000000800. The van der Waals surface area contributed by atoms with Crippen molar-refractivity contribution in [2.45, 2.75) is 11.8 Å². The highest BCUT2D eigenvalue weighted by Gasteiger charge is 1.84. The standard InChI is InChI=1S/C3H6Br2.BrH.H3N/c1-3(5)2-4;;/h3H,2H2,1H3;1H;1H3. The molecule has 0 aromatic rings. The third kappa shape index (κ3) is 18.7. The second kappa shape index (κ2) is 10.4. The highest BCUT2D eigenvalue weighted by atomic mass is 79.9. The molecule has 0 aliphatic rings. The Morgan fingerprint density at radius 3 is 1.71 bits per heavy atom. The topological polar surface area (TPSA) is 35.0 Å². The van der Waals surface area contributed by atoms with E-state index in [9.17, 15) is 0 Å². The lowest BCUT2D eigenvalue weighted by atomic mass is 10.6. The fraction of sp³-hybridized carbons (Fsp3) is 1.00. The molecule has 0 saturated heterocycles. The summed E-state index contributed by atoms with van der Waals surface area (Å²) in [6.45, 7) is 2.09. The lowest BCUT2D eigenvalue weighted by Crippen LogP contribution is -1.85. The predicted molar refractivity (Wildman–Crippen MR) is 47.5 cm³/mol. The van der Waals surface area contributed by atoms with Gasteiger partial charge in [0.15, 0.2) is 0 Å². The van der Waals surface area contributed by atoms with Gasteiger partial charge in [-0.3, -0.25) is 0 Å². The van der Waals surface area contributed by atoms with Crippen molar-refractivity contribution in [2.75, 3.05) is 5.33 Å². The van der Waals surface area contributed by atoms with Gasteiger partial charge in [-0.25, -0.2) is 0 Å². The van der Waals surface area contributed by atoms with Crippen molar-refractivity contribution in [3.8, 4) is 0 Å². The lowest BCUT2D eigenvalue weighted by Gasteiger charge is -1.86. The van der Waals surface area contributed by atoms with E-state index < -0.39 is 0 Å². The molecular weight excluding hydrogens is 290 g/mol. The summed E-state index contributed by atoms with van der Waals surface area (Å²) in [5, 5.41) is 1.03. The van der Waals surface area contributed by atoms with Crippen LogP contribution < -0.4 is 6.15 Å². The van der Waals surface area contributed by atoms with E-state index in [0.29, 0.717) is 4.83 Å². The van der Waals surface area contributed by atoms with Crippen LogP contribution in [0.5, 0.6) is 0 Å². The third-order valence-electron chi connectivity index (χ3n) is 0.213. The summed E-state index contributed by atoms with van der Waals surface area (Å²) >= 11 is 6.59. The maximum absolute atomic E-state index is 3.33. The van der Waals surface area contributed by atoms with Gasteiger partial charge < -0.3 is 6.15 Å². The summed E-state index contributed by atoms with van der Waals surface area (Å²) in [4.78, 5) is 0.613. The Morgan fingerprint density at radius 1 is 1.57 bits per heavy atom. The minimum Gasteiger partial charge on any atom is -0.344 e. The van der Waals surface area contributed by atoms with Crippen molar-refractivity contribution >= 4 is 48.8 Å². The van der Waals surface area contributed by atoms with Gasteiger partial charge in [-0.05, 0) is 0 Å². The zero-order chi connectivity index (χ0) is 4.28. The van der Waals surface area contributed by atoms with Crippen LogP contribution in [0.4, 0.5) is 0 Å². The van der Waals surface area contributed by atoms with Crippen molar-refractivity contribution in [1.82, 2.24) is 6.15 Å². The van der Waals surface area contributed by atoms with Crippen LogP contribution in [0, 0.1) is 0 Å². The molecule has 0 aliphatic carbocycles. The van der Waals surface area contributed by atoms with Crippen LogP contribution in [0.2, 0.25) is 0 Å². The van der Waals surface area contributed by atoms with Crippen molar-refractivity contribution in [3.05, 3.63) is 0 Å². The summed E-state index contributed by atoms with van der Waals surface area (Å²) in [5.74, 6) is 0. The molecule has 0 aliphatic heterocycles. The minimum absolute atomic E-state index is 0. The van der Waals surface area contributed by atoms with Crippen LogP contribution in [0.3, 0.4) is 0 Å². The zero-order valence-corrected chi connectivity index (χ0v) is 9.04. The van der Waals surface area contributed by atoms with Gasteiger partial charge in [0.25, 0.3) is 0 Å². The molecule has 1 unspecified atom stereocenters. The SMILES string of the molecule is Br.CC(Br)CBr.N. The average Bonchev–Trinajstić information content (AvgIpc) is 1.38. The summed E-state index contributed by atoms with van der Waals surface area (Å²) in [5.41, 5.74) is 0. The highest BCUT2D eigenvalue weighted by Crippen LogP contribution is 1.99. The fourth-order valence-corrected chi connectivity index (χ4v) is 0. The van der Waals surface area contributed by atoms with Gasteiger partial charge in [-0.2, -0.15) is 0 Å². The molecule has 3 N–H and O–H groups in total. The molecule has 0 aromatic carbocycles. The monoisotopic (exact) mass is 297 g/mol. The molecule has 4 heteroatoms. The predicted octanol–water partition coefficient (Wildman–Crippen LogP) is 2.90. The lowest BCUT2D eigenvalue weighted by molar-refractivity contribution is 1.17. The third-order valence-corrected chi connectivity index (χ3v) is 2.38.